The van der Waals surface area contributed by atoms with Gasteiger partial charge in [0.15, 0.2) is 8.07 Å². The topological polar surface area (TPSA) is 9.86 Å². The normalized spacial score (nSPS) is 12.1. The van der Waals surface area contributed by atoms with Crippen LogP contribution in [0.25, 0.3) is 75.2 Å². The second kappa shape index (κ2) is 13.0. The van der Waals surface area contributed by atoms with Crippen LogP contribution in [-0.4, -0.2) is 17.2 Å². The van der Waals surface area contributed by atoms with Crippen molar-refractivity contribution in [2.75, 3.05) is 0 Å². The van der Waals surface area contributed by atoms with Crippen molar-refractivity contribution in [3.63, 3.8) is 0 Å². The summed E-state index contributed by atoms with van der Waals surface area (Å²) in [5.74, 6) is 0. The van der Waals surface area contributed by atoms with Crippen LogP contribution in [0.15, 0.2) is 218 Å². The first-order chi connectivity index (χ1) is 28.8. The zero-order valence-electron chi connectivity index (χ0n) is 31.6. The van der Waals surface area contributed by atoms with Crippen LogP contribution in [0.5, 0.6) is 0 Å². The Balaban J connectivity index is 1.16. The third-order valence-electron chi connectivity index (χ3n) is 12.3. The molecule has 3 heterocycles. The second-order valence-corrected chi connectivity index (χ2v) is 20.2. The molecule has 0 aliphatic rings. The van der Waals surface area contributed by atoms with Crippen molar-refractivity contribution < 1.29 is 0 Å². The monoisotopic (exact) mass is 772 g/mol. The van der Waals surface area contributed by atoms with Gasteiger partial charge >= 0.3 is 0 Å². The summed E-state index contributed by atoms with van der Waals surface area (Å²) in [4.78, 5) is 0. The average Bonchev–Trinajstić information content (AvgIpc) is 3.95. The summed E-state index contributed by atoms with van der Waals surface area (Å²) in [5.41, 5.74) is 7.16. The molecule has 0 aliphatic carbocycles. The lowest BCUT2D eigenvalue weighted by Crippen LogP contribution is -2.74. The van der Waals surface area contributed by atoms with Gasteiger partial charge in [0.1, 0.15) is 0 Å². The van der Waals surface area contributed by atoms with Gasteiger partial charge in [-0.25, -0.2) is 0 Å². The van der Waals surface area contributed by atoms with E-state index in [0.717, 1.165) is 5.69 Å². The van der Waals surface area contributed by atoms with E-state index in [4.69, 9.17) is 0 Å². The largest absolute Gasteiger partial charge is 0.309 e. The van der Waals surface area contributed by atoms with E-state index in [1.807, 2.05) is 11.3 Å². The summed E-state index contributed by atoms with van der Waals surface area (Å²) in [6.45, 7) is 0. The highest BCUT2D eigenvalue weighted by molar-refractivity contribution is 7.26. The molecular weight excluding hydrogens is 737 g/mol. The van der Waals surface area contributed by atoms with Crippen LogP contribution in [0.2, 0.25) is 0 Å². The third-order valence-corrected chi connectivity index (χ3v) is 18.1. The van der Waals surface area contributed by atoms with Gasteiger partial charge in [0.05, 0.1) is 22.1 Å². The number of hydrogen-bond donors (Lipinski definition) is 0. The molecule has 12 rings (SSSR count). The molecule has 2 nitrogen and oxygen atoms in total. The van der Waals surface area contributed by atoms with Crippen LogP contribution in [0.1, 0.15) is 0 Å². The number of hydrogen-bond acceptors (Lipinski definition) is 1. The van der Waals surface area contributed by atoms with Crippen molar-refractivity contribution in [1.82, 2.24) is 9.13 Å². The van der Waals surface area contributed by atoms with E-state index >= 15 is 0 Å². The van der Waals surface area contributed by atoms with Crippen LogP contribution < -0.4 is 20.7 Å². The number of rotatable bonds is 6. The lowest BCUT2D eigenvalue weighted by molar-refractivity contribution is 1.17. The highest BCUT2D eigenvalue weighted by Gasteiger charge is 2.42. The molecule has 0 N–H and O–H groups in total. The van der Waals surface area contributed by atoms with Gasteiger partial charge in [-0.3, -0.25) is 0 Å². The highest BCUT2D eigenvalue weighted by Crippen LogP contribution is 2.37. The van der Waals surface area contributed by atoms with Gasteiger partial charge in [0, 0.05) is 53.1 Å². The minimum Gasteiger partial charge on any atom is -0.309 e. The van der Waals surface area contributed by atoms with Crippen molar-refractivity contribution in [2.45, 2.75) is 0 Å². The Hall–Kier alpha value is -6.98. The van der Waals surface area contributed by atoms with E-state index in [1.165, 1.54) is 90.2 Å². The predicted molar refractivity (Wildman–Crippen MR) is 252 cm³/mol. The quantitative estimate of drug-likeness (QED) is 0.118. The fourth-order valence-corrected chi connectivity index (χ4v) is 15.8. The van der Waals surface area contributed by atoms with E-state index in [1.54, 1.807) is 0 Å². The van der Waals surface area contributed by atoms with Gasteiger partial charge in [0.2, 0.25) is 0 Å². The SMILES string of the molecule is c1ccc(-n2c3ccccc3c3cc(-n4c5ccccc5c5ccc([Si](c6ccccc6)(c6ccccc6)c6ccc7c(c6)sc6ccccc67)cc54)ccc32)cc1. The zero-order chi connectivity index (χ0) is 38.2. The smallest absolute Gasteiger partial charge is 0.179 e. The Morgan fingerprint density at radius 1 is 0.276 bits per heavy atom. The van der Waals surface area contributed by atoms with Gasteiger partial charge in [-0.1, -0.05) is 158 Å². The van der Waals surface area contributed by atoms with E-state index < -0.39 is 8.07 Å². The van der Waals surface area contributed by atoms with Crippen LogP contribution in [0, 0.1) is 0 Å². The highest BCUT2D eigenvalue weighted by atomic mass is 32.1. The molecule has 0 spiro atoms. The van der Waals surface area contributed by atoms with Crippen molar-refractivity contribution in [2.24, 2.45) is 0 Å². The molecule has 3 aromatic heterocycles. The molecule has 0 bridgehead atoms. The van der Waals surface area contributed by atoms with Gasteiger partial charge in [-0.05, 0) is 81.4 Å². The van der Waals surface area contributed by atoms with Crippen LogP contribution in [0.3, 0.4) is 0 Å². The summed E-state index contributed by atoms with van der Waals surface area (Å²) < 4.78 is 7.56. The van der Waals surface area contributed by atoms with Gasteiger partial charge in [-0.2, -0.15) is 0 Å². The van der Waals surface area contributed by atoms with Crippen molar-refractivity contribution >= 4 is 104 Å². The number of aromatic nitrogens is 2. The minimum atomic E-state index is -2.88. The number of nitrogens with zero attached hydrogens (tertiary/aromatic N) is 2. The summed E-state index contributed by atoms with van der Waals surface area (Å²) in [7, 11) is -2.88. The summed E-state index contributed by atoms with van der Waals surface area (Å²) in [6, 6.07) is 81.6. The average molecular weight is 773 g/mol. The molecule has 9 aromatic carbocycles. The Morgan fingerprint density at radius 3 is 1.45 bits per heavy atom. The molecule has 0 saturated carbocycles. The second-order valence-electron chi connectivity index (χ2n) is 15.3. The van der Waals surface area contributed by atoms with E-state index in [9.17, 15) is 0 Å². The summed E-state index contributed by atoms with van der Waals surface area (Å²) in [6.07, 6.45) is 0. The molecule has 0 aliphatic heterocycles. The summed E-state index contributed by atoms with van der Waals surface area (Å²) in [5, 5.41) is 13.2. The van der Waals surface area contributed by atoms with Crippen molar-refractivity contribution in [1.29, 1.82) is 0 Å². The van der Waals surface area contributed by atoms with Crippen molar-refractivity contribution in [3.05, 3.63) is 218 Å². The zero-order valence-corrected chi connectivity index (χ0v) is 33.4. The predicted octanol–water partition coefficient (Wildman–Crippen LogP) is 11.6. The lowest BCUT2D eigenvalue weighted by atomic mass is 10.1. The molecule has 0 fully saturated rings. The van der Waals surface area contributed by atoms with Crippen molar-refractivity contribution in [3.8, 4) is 11.4 Å². The Labute approximate surface area is 341 Å². The molecule has 4 heteroatoms. The fraction of sp³-hybridized carbons (Fsp3) is 0. The molecule has 0 radical (unpaired) electrons. The van der Waals surface area contributed by atoms with Gasteiger partial charge in [-0.15, -0.1) is 11.3 Å². The molecule has 0 unspecified atom stereocenters. The molecule has 12 aromatic rings. The Bertz CT molecular complexity index is 3470. The molecular formula is C54H36N2SSi. The lowest BCUT2D eigenvalue weighted by Gasteiger charge is -2.34. The summed E-state index contributed by atoms with van der Waals surface area (Å²) >= 11 is 1.90. The Kier molecular flexibility index (Phi) is 7.46. The molecule has 0 atom stereocenters. The molecule has 0 saturated heterocycles. The first-order valence-electron chi connectivity index (χ1n) is 19.9. The minimum absolute atomic E-state index is 1.16. The first-order valence-corrected chi connectivity index (χ1v) is 22.7. The van der Waals surface area contributed by atoms with Gasteiger partial charge in [0.25, 0.3) is 0 Å². The standard InChI is InChI=1S/C54H36N2SSi/c1-4-16-37(17-5-1)55-50-26-14-11-23-44(50)48-34-38(28-33-51(48)55)56-49-25-13-10-22-43(49)45-31-29-41(35-52(45)56)58(39-18-6-2-7-19-39,40-20-8-3-9-21-40)42-30-32-47-46-24-12-15-27-53(46)57-54(47)36-42/h1-36H. The number of fused-ring (bicyclic) bond motifs is 9. The number of para-hydroxylation sites is 3. The molecule has 272 valence electrons. The van der Waals surface area contributed by atoms with E-state index in [2.05, 4.69) is 228 Å². The first kappa shape index (κ1) is 33.2. The van der Waals surface area contributed by atoms with Crippen LogP contribution in [0.4, 0.5) is 0 Å². The Morgan fingerprint density at radius 2 is 0.759 bits per heavy atom. The third kappa shape index (κ3) is 4.83. The van der Waals surface area contributed by atoms with Crippen LogP contribution >= 0.6 is 11.3 Å². The maximum absolute atomic E-state index is 2.88. The molecule has 58 heavy (non-hydrogen) atoms. The van der Waals surface area contributed by atoms with Gasteiger partial charge < -0.3 is 9.13 Å². The number of thiophene rings is 1. The van der Waals surface area contributed by atoms with E-state index in [-0.39, 0.29) is 0 Å². The fourth-order valence-electron chi connectivity index (χ4n) is 9.77. The van der Waals surface area contributed by atoms with Crippen LogP contribution in [-0.2, 0) is 0 Å². The number of benzene rings is 9. The van der Waals surface area contributed by atoms with E-state index in [0.29, 0.717) is 0 Å². The molecule has 0 amide bonds. The maximum Gasteiger partial charge on any atom is 0.179 e. The maximum atomic E-state index is 2.54.